The van der Waals surface area contributed by atoms with Gasteiger partial charge in [-0.05, 0) is 30.4 Å². The van der Waals surface area contributed by atoms with Crippen molar-refractivity contribution >= 4 is 11.8 Å². The number of allylic oxidation sites excluding steroid dienone is 1. The van der Waals surface area contributed by atoms with Crippen molar-refractivity contribution in [1.29, 1.82) is 0 Å². The van der Waals surface area contributed by atoms with E-state index in [1.54, 1.807) is 11.8 Å². The zero-order valence-electron chi connectivity index (χ0n) is 5.63. The summed E-state index contributed by atoms with van der Waals surface area (Å²) in [5.74, 6) is 0. The SMILES string of the molecule is CSC1=CCC(O)CC1. The molecule has 0 fully saturated rings. The Morgan fingerprint density at radius 1 is 1.78 bits per heavy atom. The van der Waals surface area contributed by atoms with Crippen LogP contribution in [-0.2, 0) is 0 Å². The molecule has 52 valence electrons. The number of hydrogen-bond acceptors (Lipinski definition) is 2. The molecule has 1 rings (SSSR count). The summed E-state index contributed by atoms with van der Waals surface area (Å²) in [6.07, 6.45) is 7.04. The molecule has 0 amide bonds. The fourth-order valence-electron chi connectivity index (χ4n) is 0.982. The van der Waals surface area contributed by atoms with Crippen molar-refractivity contribution in [3.8, 4) is 0 Å². The van der Waals surface area contributed by atoms with Gasteiger partial charge in [-0.2, -0.15) is 0 Å². The molecule has 0 bridgehead atoms. The lowest BCUT2D eigenvalue weighted by Gasteiger charge is -2.15. The van der Waals surface area contributed by atoms with Gasteiger partial charge in [-0.3, -0.25) is 0 Å². The van der Waals surface area contributed by atoms with Crippen molar-refractivity contribution in [3.63, 3.8) is 0 Å². The first kappa shape index (κ1) is 7.16. The van der Waals surface area contributed by atoms with Crippen molar-refractivity contribution in [3.05, 3.63) is 11.0 Å². The van der Waals surface area contributed by atoms with Crippen LogP contribution >= 0.6 is 11.8 Å². The summed E-state index contributed by atoms with van der Waals surface area (Å²) in [4.78, 5) is 1.43. The smallest absolute Gasteiger partial charge is 0.0578 e. The number of aliphatic hydroxyl groups is 1. The average Bonchev–Trinajstić information content (AvgIpc) is 1.90. The van der Waals surface area contributed by atoms with E-state index in [-0.39, 0.29) is 6.10 Å². The molecular weight excluding hydrogens is 132 g/mol. The maximum absolute atomic E-state index is 9.07. The molecule has 1 nitrogen and oxygen atoms in total. The Bertz CT molecular complexity index is 120. The quantitative estimate of drug-likeness (QED) is 0.605. The van der Waals surface area contributed by atoms with Crippen molar-refractivity contribution < 1.29 is 5.11 Å². The van der Waals surface area contributed by atoms with E-state index in [0.717, 1.165) is 19.3 Å². The largest absolute Gasteiger partial charge is 0.393 e. The number of aliphatic hydroxyl groups excluding tert-OH is 1. The highest BCUT2D eigenvalue weighted by Gasteiger charge is 2.09. The molecule has 0 heterocycles. The zero-order valence-corrected chi connectivity index (χ0v) is 6.45. The standard InChI is InChI=1S/C7H12OS/c1-9-7-4-2-6(8)3-5-7/h4,6,8H,2-3,5H2,1H3. The molecule has 0 saturated heterocycles. The summed E-state index contributed by atoms with van der Waals surface area (Å²) in [5, 5.41) is 9.07. The maximum Gasteiger partial charge on any atom is 0.0578 e. The van der Waals surface area contributed by atoms with Gasteiger partial charge in [0.15, 0.2) is 0 Å². The highest BCUT2D eigenvalue weighted by Crippen LogP contribution is 2.25. The van der Waals surface area contributed by atoms with Gasteiger partial charge < -0.3 is 5.11 Å². The van der Waals surface area contributed by atoms with Crippen LogP contribution in [0.3, 0.4) is 0 Å². The lowest BCUT2D eigenvalue weighted by Crippen LogP contribution is -2.08. The van der Waals surface area contributed by atoms with Crippen molar-refractivity contribution in [2.75, 3.05) is 6.26 Å². The van der Waals surface area contributed by atoms with Gasteiger partial charge in [0.25, 0.3) is 0 Å². The Kier molecular flexibility index (Phi) is 2.61. The van der Waals surface area contributed by atoms with E-state index in [1.807, 2.05) is 0 Å². The first-order chi connectivity index (χ1) is 4.33. The number of thioether (sulfide) groups is 1. The van der Waals surface area contributed by atoms with Crippen LogP contribution in [0.2, 0.25) is 0 Å². The molecule has 9 heavy (non-hydrogen) atoms. The van der Waals surface area contributed by atoms with Crippen LogP contribution < -0.4 is 0 Å². The second-order valence-electron chi connectivity index (χ2n) is 2.30. The summed E-state index contributed by atoms with van der Waals surface area (Å²) < 4.78 is 0. The minimum atomic E-state index is -0.0686. The van der Waals surface area contributed by atoms with Gasteiger partial charge in [-0.15, -0.1) is 11.8 Å². The van der Waals surface area contributed by atoms with Crippen LogP contribution in [0.15, 0.2) is 11.0 Å². The van der Waals surface area contributed by atoms with Crippen LogP contribution in [0.4, 0.5) is 0 Å². The van der Waals surface area contributed by atoms with Gasteiger partial charge in [-0.25, -0.2) is 0 Å². The van der Waals surface area contributed by atoms with Gasteiger partial charge in [0.05, 0.1) is 6.10 Å². The van der Waals surface area contributed by atoms with Crippen LogP contribution in [0.1, 0.15) is 19.3 Å². The molecule has 0 aromatic heterocycles. The van der Waals surface area contributed by atoms with E-state index in [1.165, 1.54) is 4.91 Å². The van der Waals surface area contributed by atoms with Gasteiger partial charge in [0.1, 0.15) is 0 Å². The van der Waals surface area contributed by atoms with Crippen LogP contribution in [-0.4, -0.2) is 17.5 Å². The van der Waals surface area contributed by atoms with E-state index in [2.05, 4.69) is 12.3 Å². The lowest BCUT2D eigenvalue weighted by atomic mass is 10.1. The van der Waals surface area contributed by atoms with E-state index in [0.29, 0.717) is 0 Å². The van der Waals surface area contributed by atoms with E-state index in [9.17, 15) is 0 Å². The molecule has 1 N–H and O–H groups in total. The maximum atomic E-state index is 9.07. The average molecular weight is 144 g/mol. The molecule has 0 saturated carbocycles. The van der Waals surface area contributed by atoms with Crippen LogP contribution in [0, 0.1) is 0 Å². The second-order valence-corrected chi connectivity index (χ2v) is 3.24. The highest BCUT2D eigenvalue weighted by molar-refractivity contribution is 8.02. The predicted octanol–water partition coefficient (Wildman–Crippen LogP) is 1.78. The van der Waals surface area contributed by atoms with E-state index >= 15 is 0 Å². The Labute approximate surface area is 60.2 Å². The van der Waals surface area contributed by atoms with Crippen molar-refractivity contribution in [2.45, 2.75) is 25.4 Å². The minimum absolute atomic E-state index is 0.0686. The van der Waals surface area contributed by atoms with Gasteiger partial charge in [-0.1, -0.05) is 6.08 Å². The summed E-state index contributed by atoms with van der Waals surface area (Å²) in [6, 6.07) is 0. The predicted molar refractivity (Wildman–Crippen MR) is 41.5 cm³/mol. The zero-order chi connectivity index (χ0) is 6.69. The first-order valence-corrected chi connectivity index (χ1v) is 4.46. The Morgan fingerprint density at radius 3 is 3.00 bits per heavy atom. The summed E-state index contributed by atoms with van der Waals surface area (Å²) >= 11 is 1.80. The fraction of sp³-hybridized carbons (Fsp3) is 0.714. The third-order valence-electron chi connectivity index (χ3n) is 1.60. The van der Waals surface area contributed by atoms with Crippen LogP contribution in [0.25, 0.3) is 0 Å². The third-order valence-corrected chi connectivity index (χ3v) is 2.50. The molecule has 0 radical (unpaired) electrons. The molecule has 0 aromatic carbocycles. The Hall–Kier alpha value is 0.0500. The number of rotatable bonds is 1. The van der Waals surface area contributed by atoms with Crippen molar-refractivity contribution in [1.82, 2.24) is 0 Å². The van der Waals surface area contributed by atoms with E-state index in [4.69, 9.17) is 5.11 Å². The second kappa shape index (κ2) is 3.28. The fourth-order valence-corrected chi connectivity index (χ4v) is 1.57. The summed E-state index contributed by atoms with van der Waals surface area (Å²) in [7, 11) is 0. The molecule has 0 spiro atoms. The van der Waals surface area contributed by atoms with E-state index < -0.39 is 0 Å². The van der Waals surface area contributed by atoms with Crippen LogP contribution in [0.5, 0.6) is 0 Å². The number of hydrogen-bond donors (Lipinski definition) is 1. The molecule has 0 aliphatic heterocycles. The molecule has 1 aliphatic carbocycles. The highest BCUT2D eigenvalue weighted by atomic mass is 32.2. The Balaban J connectivity index is 2.40. The molecule has 0 aromatic rings. The topological polar surface area (TPSA) is 20.2 Å². The van der Waals surface area contributed by atoms with Gasteiger partial charge in [0.2, 0.25) is 0 Å². The molecular formula is C7H12OS. The molecule has 2 heteroatoms. The van der Waals surface area contributed by atoms with Crippen molar-refractivity contribution in [2.24, 2.45) is 0 Å². The van der Waals surface area contributed by atoms with Gasteiger partial charge in [0, 0.05) is 0 Å². The molecule has 1 aliphatic rings. The monoisotopic (exact) mass is 144 g/mol. The normalized spacial score (nSPS) is 27.8. The van der Waals surface area contributed by atoms with Gasteiger partial charge >= 0.3 is 0 Å². The Morgan fingerprint density at radius 2 is 2.56 bits per heavy atom. The minimum Gasteiger partial charge on any atom is -0.393 e. The summed E-state index contributed by atoms with van der Waals surface area (Å²) in [5.41, 5.74) is 0. The third kappa shape index (κ3) is 2.03. The first-order valence-electron chi connectivity index (χ1n) is 3.24. The lowest BCUT2D eigenvalue weighted by molar-refractivity contribution is 0.164. The summed E-state index contributed by atoms with van der Waals surface area (Å²) in [6.45, 7) is 0. The molecule has 1 atom stereocenters. The molecule has 1 unspecified atom stereocenters.